The summed E-state index contributed by atoms with van der Waals surface area (Å²) in [5, 5.41) is 3.01. The lowest BCUT2D eigenvalue weighted by Crippen LogP contribution is -1.81. The molecule has 5 heteroatoms. The van der Waals surface area contributed by atoms with E-state index < -0.39 is 0 Å². The first-order valence-corrected chi connectivity index (χ1v) is 4.13. The highest BCUT2D eigenvalue weighted by atomic mass is 79.9. The summed E-state index contributed by atoms with van der Waals surface area (Å²) in [6.07, 6.45) is 0.553. The summed E-state index contributed by atoms with van der Waals surface area (Å²) >= 11 is 8.78. The first-order valence-electron chi connectivity index (χ1n) is 2.96. The molecule has 0 aromatic heterocycles. The van der Waals surface area contributed by atoms with Crippen molar-refractivity contribution >= 4 is 39.5 Å². The van der Waals surface area contributed by atoms with E-state index in [1.165, 1.54) is 12.1 Å². The van der Waals surface area contributed by atoms with Crippen LogP contribution in [0.4, 0.5) is 5.69 Å². The number of hydrogen-bond donors (Lipinski definition) is 0. The molecular weight excluding hydrogens is 245 g/mol. The van der Waals surface area contributed by atoms with E-state index in [4.69, 9.17) is 11.6 Å². The number of carbonyl (C=O) groups is 1. The highest BCUT2D eigenvalue weighted by Crippen LogP contribution is 2.29. The Morgan fingerprint density at radius 3 is 2.67 bits per heavy atom. The van der Waals surface area contributed by atoms with Gasteiger partial charge in [-0.2, -0.15) is 0 Å². The third kappa shape index (κ3) is 1.70. The minimum atomic E-state index is 0.0539. The summed E-state index contributed by atoms with van der Waals surface area (Å²) in [7, 11) is 0. The molecule has 0 fully saturated rings. The number of nitroso groups, excluding NO2 is 1. The molecule has 0 amide bonds. The van der Waals surface area contributed by atoms with E-state index in [9.17, 15) is 9.70 Å². The molecule has 1 aromatic rings. The van der Waals surface area contributed by atoms with Crippen molar-refractivity contribution in [3.63, 3.8) is 0 Å². The highest BCUT2D eigenvalue weighted by Gasteiger charge is 2.06. The van der Waals surface area contributed by atoms with Crippen LogP contribution in [0.5, 0.6) is 0 Å². The van der Waals surface area contributed by atoms with E-state index in [0.717, 1.165) is 0 Å². The first-order chi connectivity index (χ1) is 5.69. The van der Waals surface area contributed by atoms with Crippen molar-refractivity contribution in [2.75, 3.05) is 0 Å². The van der Waals surface area contributed by atoms with Crippen LogP contribution in [0.15, 0.2) is 21.8 Å². The third-order valence-electron chi connectivity index (χ3n) is 1.29. The second kappa shape index (κ2) is 3.78. The number of benzene rings is 1. The number of aldehydes is 1. The Balaban J connectivity index is 3.37. The Morgan fingerprint density at radius 2 is 2.17 bits per heavy atom. The maximum Gasteiger partial charge on any atom is 0.152 e. The predicted octanol–water partition coefficient (Wildman–Crippen LogP) is 3.31. The summed E-state index contributed by atoms with van der Waals surface area (Å²) in [6, 6.07) is 2.79. The van der Waals surface area contributed by atoms with Gasteiger partial charge in [0.25, 0.3) is 0 Å². The molecule has 62 valence electrons. The van der Waals surface area contributed by atoms with Gasteiger partial charge < -0.3 is 0 Å². The summed E-state index contributed by atoms with van der Waals surface area (Å²) in [5.74, 6) is 0. The van der Waals surface area contributed by atoms with Crippen LogP contribution in [0.1, 0.15) is 10.4 Å². The van der Waals surface area contributed by atoms with Gasteiger partial charge in [0.1, 0.15) is 5.69 Å². The Hall–Kier alpha value is -0.740. The molecule has 0 saturated carbocycles. The maximum absolute atomic E-state index is 10.4. The van der Waals surface area contributed by atoms with Gasteiger partial charge in [0.2, 0.25) is 0 Å². The number of carbonyl (C=O) groups excluding carboxylic acids is 1. The van der Waals surface area contributed by atoms with Gasteiger partial charge >= 0.3 is 0 Å². The van der Waals surface area contributed by atoms with Gasteiger partial charge in [-0.15, -0.1) is 4.91 Å². The van der Waals surface area contributed by atoms with E-state index in [0.29, 0.717) is 15.8 Å². The molecule has 0 atom stereocenters. The van der Waals surface area contributed by atoms with E-state index in [-0.39, 0.29) is 11.3 Å². The zero-order valence-corrected chi connectivity index (χ0v) is 8.09. The fourth-order valence-corrected chi connectivity index (χ4v) is 1.24. The summed E-state index contributed by atoms with van der Waals surface area (Å²) in [4.78, 5) is 20.6. The van der Waals surface area contributed by atoms with Gasteiger partial charge in [-0.1, -0.05) is 11.6 Å². The molecular formula is C7H3BrClNO2. The topological polar surface area (TPSA) is 46.5 Å². The largest absolute Gasteiger partial charge is 0.298 e. The molecule has 0 spiro atoms. The lowest BCUT2D eigenvalue weighted by molar-refractivity contribution is 0.112. The minimum Gasteiger partial charge on any atom is -0.298 e. The average Bonchev–Trinajstić information content (AvgIpc) is 2.09. The molecule has 0 N–H and O–H groups in total. The van der Waals surface area contributed by atoms with E-state index in [1.807, 2.05) is 0 Å². The summed E-state index contributed by atoms with van der Waals surface area (Å²) < 4.78 is 0.568. The Kier molecular flexibility index (Phi) is 2.94. The van der Waals surface area contributed by atoms with Crippen molar-refractivity contribution in [2.45, 2.75) is 0 Å². The van der Waals surface area contributed by atoms with Crippen molar-refractivity contribution in [1.82, 2.24) is 0 Å². The fraction of sp³-hybridized carbons (Fsp3) is 0. The van der Waals surface area contributed by atoms with Crippen molar-refractivity contribution in [3.8, 4) is 0 Å². The molecule has 0 aliphatic heterocycles. The summed E-state index contributed by atoms with van der Waals surface area (Å²) in [5.41, 5.74) is 0.277. The molecule has 1 rings (SSSR count). The molecule has 3 nitrogen and oxygen atoms in total. The van der Waals surface area contributed by atoms with Crippen LogP contribution in [0.25, 0.3) is 0 Å². The van der Waals surface area contributed by atoms with Crippen LogP contribution in [0.2, 0.25) is 5.02 Å². The molecule has 0 bridgehead atoms. The Bertz CT molecular complexity index is 307. The number of hydrogen-bond acceptors (Lipinski definition) is 3. The SMILES string of the molecule is O=Cc1cc(Br)c(Cl)cc1N=O. The van der Waals surface area contributed by atoms with Crippen molar-refractivity contribution in [2.24, 2.45) is 5.18 Å². The van der Waals surface area contributed by atoms with E-state index in [2.05, 4.69) is 21.1 Å². The molecule has 0 aliphatic carbocycles. The monoisotopic (exact) mass is 247 g/mol. The number of halogens is 2. The highest BCUT2D eigenvalue weighted by molar-refractivity contribution is 9.10. The van der Waals surface area contributed by atoms with Crippen molar-refractivity contribution in [1.29, 1.82) is 0 Å². The lowest BCUT2D eigenvalue weighted by atomic mass is 10.2. The summed E-state index contributed by atoms with van der Waals surface area (Å²) in [6.45, 7) is 0. The van der Waals surface area contributed by atoms with Gasteiger partial charge in [0.15, 0.2) is 6.29 Å². The van der Waals surface area contributed by atoms with Gasteiger partial charge in [0.05, 0.1) is 5.02 Å². The lowest BCUT2D eigenvalue weighted by Gasteiger charge is -1.98. The zero-order chi connectivity index (χ0) is 9.14. The van der Waals surface area contributed by atoms with Crippen LogP contribution in [-0.4, -0.2) is 6.29 Å². The van der Waals surface area contributed by atoms with Crippen LogP contribution in [-0.2, 0) is 0 Å². The van der Waals surface area contributed by atoms with Gasteiger partial charge in [-0.3, -0.25) is 4.79 Å². The van der Waals surface area contributed by atoms with Crippen LogP contribution in [0, 0.1) is 4.91 Å². The van der Waals surface area contributed by atoms with Crippen LogP contribution >= 0.6 is 27.5 Å². The molecule has 0 heterocycles. The zero-order valence-electron chi connectivity index (χ0n) is 5.75. The maximum atomic E-state index is 10.4. The van der Waals surface area contributed by atoms with Crippen LogP contribution in [0.3, 0.4) is 0 Å². The fourth-order valence-electron chi connectivity index (χ4n) is 0.725. The minimum absolute atomic E-state index is 0.0539. The van der Waals surface area contributed by atoms with E-state index >= 15 is 0 Å². The van der Waals surface area contributed by atoms with Crippen molar-refractivity contribution < 1.29 is 4.79 Å². The Labute approximate surface area is 81.8 Å². The molecule has 12 heavy (non-hydrogen) atoms. The second-order valence-electron chi connectivity index (χ2n) is 2.03. The van der Waals surface area contributed by atoms with E-state index in [1.54, 1.807) is 0 Å². The Morgan fingerprint density at radius 1 is 1.50 bits per heavy atom. The number of nitrogens with zero attached hydrogens (tertiary/aromatic N) is 1. The quantitative estimate of drug-likeness (QED) is 0.595. The molecule has 0 radical (unpaired) electrons. The molecule has 0 aliphatic rings. The predicted molar refractivity (Wildman–Crippen MR) is 50.0 cm³/mol. The third-order valence-corrected chi connectivity index (χ3v) is 2.49. The first kappa shape index (κ1) is 9.35. The van der Waals surface area contributed by atoms with Gasteiger partial charge in [-0.25, -0.2) is 0 Å². The second-order valence-corrected chi connectivity index (χ2v) is 3.30. The van der Waals surface area contributed by atoms with Gasteiger partial charge in [0, 0.05) is 10.0 Å². The normalized spacial score (nSPS) is 9.50. The number of rotatable bonds is 2. The molecule has 1 aromatic carbocycles. The average molecular weight is 248 g/mol. The molecule has 0 saturated heterocycles. The van der Waals surface area contributed by atoms with Gasteiger partial charge in [-0.05, 0) is 33.2 Å². The standard InChI is InChI=1S/C7H3BrClNO2/c8-5-1-4(3-11)7(10-12)2-6(5)9/h1-3H. The molecule has 0 unspecified atom stereocenters. The smallest absolute Gasteiger partial charge is 0.152 e. The van der Waals surface area contributed by atoms with Crippen molar-refractivity contribution in [3.05, 3.63) is 32.1 Å². The van der Waals surface area contributed by atoms with Crippen LogP contribution < -0.4 is 0 Å².